The minimum atomic E-state index is -2.22. The monoisotopic (exact) mass is 386 g/mol. The number of aliphatic carboxylic acids is 2. The van der Waals surface area contributed by atoms with Gasteiger partial charge in [-0.15, -0.1) is 0 Å². The fraction of sp³-hybridized carbons (Fsp3) is 0.200. The Labute approximate surface area is 160 Å². The van der Waals surface area contributed by atoms with E-state index in [1.165, 1.54) is 24.3 Å². The van der Waals surface area contributed by atoms with E-state index in [2.05, 4.69) is 0 Å². The van der Waals surface area contributed by atoms with Crippen molar-refractivity contribution in [2.24, 2.45) is 0 Å². The molecular weight excluding hydrogens is 368 g/mol. The van der Waals surface area contributed by atoms with Gasteiger partial charge in [-0.25, -0.2) is 19.2 Å². The minimum absolute atomic E-state index is 0.0420. The van der Waals surface area contributed by atoms with E-state index >= 15 is 0 Å². The Hall–Kier alpha value is -3.68. The molecule has 0 amide bonds. The van der Waals surface area contributed by atoms with Crippen molar-refractivity contribution in [1.82, 2.24) is 0 Å². The molecular formula is C20H18O8. The van der Waals surface area contributed by atoms with Crippen LogP contribution in [0.1, 0.15) is 31.8 Å². The van der Waals surface area contributed by atoms with Crippen molar-refractivity contribution in [3.05, 3.63) is 70.8 Å². The maximum Gasteiger partial charge on any atom is 0.349 e. The van der Waals surface area contributed by atoms with Gasteiger partial charge in [0.2, 0.25) is 12.2 Å². The van der Waals surface area contributed by atoms with Crippen LogP contribution < -0.4 is 0 Å². The van der Waals surface area contributed by atoms with Crippen LogP contribution in [0.2, 0.25) is 0 Å². The number of rotatable bonds is 7. The second-order valence-electron chi connectivity index (χ2n) is 6.07. The molecule has 8 heteroatoms. The van der Waals surface area contributed by atoms with E-state index < -0.39 is 36.1 Å². The average molecular weight is 386 g/mol. The summed E-state index contributed by atoms with van der Waals surface area (Å²) in [6.07, 6.45) is -4.45. The highest BCUT2D eigenvalue weighted by Crippen LogP contribution is 2.14. The third-order valence-electron chi connectivity index (χ3n) is 3.74. The van der Waals surface area contributed by atoms with Crippen molar-refractivity contribution < 1.29 is 38.9 Å². The van der Waals surface area contributed by atoms with Crippen molar-refractivity contribution in [2.75, 3.05) is 0 Å². The summed E-state index contributed by atoms with van der Waals surface area (Å²) in [5.74, 6) is -5.61. The van der Waals surface area contributed by atoms with E-state index in [0.29, 0.717) is 0 Å². The number of hydrogen-bond donors (Lipinski definition) is 2. The van der Waals surface area contributed by atoms with Gasteiger partial charge < -0.3 is 19.7 Å². The third kappa shape index (κ3) is 5.16. The van der Waals surface area contributed by atoms with Gasteiger partial charge in [0, 0.05) is 0 Å². The SMILES string of the molecule is Cc1cccc(C(=O)O[C@@H](C(=O)O)[C@@H](OC(=O)c2cccc(C)c2)C(=O)O)c1. The minimum Gasteiger partial charge on any atom is -0.478 e. The molecule has 146 valence electrons. The lowest BCUT2D eigenvalue weighted by molar-refractivity contribution is -0.166. The van der Waals surface area contributed by atoms with Crippen LogP contribution in [0.4, 0.5) is 0 Å². The predicted molar refractivity (Wildman–Crippen MR) is 96.0 cm³/mol. The molecule has 0 spiro atoms. The van der Waals surface area contributed by atoms with Crippen molar-refractivity contribution in [3.63, 3.8) is 0 Å². The van der Waals surface area contributed by atoms with Gasteiger partial charge >= 0.3 is 23.9 Å². The maximum absolute atomic E-state index is 12.2. The molecule has 0 heterocycles. The highest BCUT2D eigenvalue weighted by Gasteiger charge is 2.41. The molecule has 0 aromatic heterocycles. The summed E-state index contributed by atoms with van der Waals surface area (Å²) < 4.78 is 9.68. The molecule has 0 aliphatic heterocycles. The summed E-state index contributed by atoms with van der Waals surface area (Å²) in [4.78, 5) is 47.5. The number of esters is 2. The predicted octanol–water partition coefficient (Wildman–Crippen LogP) is 2.22. The average Bonchev–Trinajstić information content (AvgIpc) is 2.63. The topological polar surface area (TPSA) is 127 Å². The number of carbonyl (C=O) groups is 4. The Morgan fingerprint density at radius 2 is 1.07 bits per heavy atom. The molecule has 0 aliphatic rings. The van der Waals surface area contributed by atoms with Crippen molar-refractivity contribution >= 4 is 23.9 Å². The number of carboxylic acid groups (broad SMARTS) is 2. The van der Waals surface area contributed by atoms with Crippen LogP contribution in [0.15, 0.2) is 48.5 Å². The smallest absolute Gasteiger partial charge is 0.349 e. The van der Waals surface area contributed by atoms with E-state index in [0.717, 1.165) is 11.1 Å². The first-order valence-electron chi connectivity index (χ1n) is 8.20. The van der Waals surface area contributed by atoms with Crippen LogP contribution in [-0.2, 0) is 19.1 Å². The lowest BCUT2D eigenvalue weighted by atomic mass is 10.1. The molecule has 2 N–H and O–H groups in total. The standard InChI is InChI=1S/C20H18O8/c1-11-5-3-7-13(9-11)19(25)27-15(17(21)22)16(18(23)24)28-20(26)14-8-4-6-12(2)10-14/h3-10,15-16H,1-2H3,(H,21,22)(H,23,24)/t15-,16-/m1/s1. The van der Waals surface area contributed by atoms with Gasteiger partial charge in [-0.2, -0.15) is 0 Å². The molecule has 2 aromatic rings. The van der Waals surface area contributed by atoms with Crippen LogP contribution >= 0.6 is 0 Å². The molecule has 0 radical (unpaired) electrons. The molecule has 2 atom stereocenters. The molecule has 0 aliphatic carbocycles. The largest absolute Gasteiger partial charge is 0.478 e. The van der Waals surface area contributed by atoms with Gasteiger partial charge in [0.05, 0.1) is 11.1 Å². The summed E-state index contributed by atoms with van der Waals surface area (Å²) in [5, 5.41) is 18.7. The maximum atomic E-state index is 12.2. The zero-order valence-electron chi connectivity index (χ0n) is 15.1. The summed E-state index contributed by atoms with van der Waals surface area (Å²) >= 11 is 0. The van der Waals surface area contributed by atoms with Crippen molar-refractivity contribution in [2.45, 2.75) is 26.1 Å². The van der Waals surface area contributed by atoms with Gasteiger partial charge in [-0.1, -0.05) is 35.4 Å². The number of benzene rings is 2. The first-order chi connectivity index (χ1) is 13.2. The second-order valence-corrected chi connectivity index (χ2v) is 6.07. The summed E-state index contributed by atoms with van der Waals surface area (Å²) in [7, 11) is 0. The number of carboxylic acids is 2. The van der Waals surface area contributed by atoms with E-state index in [-0.39, 0.29) is 11.1 Å². The van der Waals surface area contributed by atoms with Crippen LogP contribution in [0.5, 0.6) is 0 Å². The Morgan fingerprint density at radius 1 is 0.714 bits per heavy atom. The highest BCUT2D eigenvalue weighted by atomic mass is 16.6. The van der Waals surface area contributed by atoms with Crippen LogP contribution in [-0.4, -0.2) is 46.3 Å². The van der Waals surface area contributed by atoms with Gasteiger partial charge in [0.15, 0.2) is 0 Å². The Balaban J connectivity index is 2.24. The first-order valence-corrected chi connectivity index (χ1v) is 8.20. The summed E-state index contributed by atoms with van der Waals surface area (Å²) in [6, 6.07) is 12.3. The first kappa shape index (κ1) is 20.6. The zero-order chi connectivity index (χ0) is 20.8. The highest BCUT2D eigenvalue weighted by molar-refractivity contribution is 5.95. The van der Waals surface area contributed by atoms with Crippen LogP contribution in [0, 0.1) is 13.8 Å². The zero-order valence-corrected chi connectivity index (χ0v) is 15.1. The molecule has 2 rings (SSSR count). The number of ether oxygens (including phenoxy) is 2. The van der Waals surface area contributed by atoms with Gasteiger partial charge in [0.1, 0.15) is 0 Å². The van der Waals surface area contributed by atoms with Crippen LogP contribution in [0.3, 0.4) is 0 Å². The molecule has 0 bridgehead atoms. The van der Waals surface area contributed by atoms with Gasteiger partial charge in [-0.3, -0.25) is 0 Å². The van der Waals surface area contributed by atoms with E-state index in [1.807, 2.05) is 0 Å². The van der Waals surface area contributed by atoms with E-state index in [9.17, 15) is 29.4 Å². The molecule has 2 aromatic carbocycles. The number of aryl methyl sites for hydroxylation is 2. The Bertz CT molecular complexity index is 842. The fourth-order valence-electron chi connectivity index (χ4n) is 2.39. The molecule has 28 heavy (non-hydrogen) atoms. The lowest BCUT2D eigenvalue weighted by Crippen LogP contribution is -2.45. The van der Waals surface area contributed by atoms with Crippen molar-refractivity contribution in [1.29, 1.82) is 0 Å². The van der Waals surface area contributed by atoms with E-state index in [1.54, 1.807) is 38.1 Å². The fourth-order valence-corrected chi connectivity index (χ4v) is 2.39. The lowest BCUT2D eigenvalue weighted by Gasteiger charge is -2.21. The Kier molecular flexibility index (Phi) is 6.49. The quantitative estimate of drug-likeness (QED) is 0.694. The number of hydrogen-bond acceptors (Lipinski definition) is 6. The summed E-state index contributed by atoms with van der Waals surface area (Å²) in [6.45, 7) is 3.43. The molecule has 8 nitrogen and oxygen atoms in total. The molecule has 0 unspecified atom stereocenters. The molecule has 0 saturated carbocycles. The summed E-state index contributed by atoms with van der Waals surface area (Å²) in [5.41, 5.74) is 1.53. The van der Waals surface area contributed by atoms with Gasteiger partial charge in [-0.05, 0) is 38.1 Å². The normalized spacial score (nSPS) is 12.5. The van der Waals surface area contributed by atoms with E-state index in [4.69, 9.17) is 9.47 Å². The molecule has 0 saturated heterocycles. The Morgan fingerprint density at radius 3 is 1.36 bits per heavy atom. The van der Waals surface area contributed by atoms with Crippen molar-refractivity contribution in [3.8, 4) is 0 Å². The number of carbonyl (C=O) groups excluding carboxylic acids is 2. The molecule has 0 fully saturated rings. The van der Waals surface area contributed by atoms with Crippen LogP contribution in [0.25, 0.3) is 0 Å². The third-order valence-corrected chi connectivity index (χ3v) is 3.74. The second kappa shape index (κ2) is 8.81. The van der Waals surface area contributed by atoms with Gasteiger partial charge in [0.25, 0.3) is 0 Å².